The summed E-state index contributed by atoms with van der Waals surface area (Å²) < 4.78 is 19.9. The Morgan fingerprint density at radius 1 is 1.11 bits per heavy atom. The smallest absolute Gasteiger partial charge is 0.507 e. The van der Waals surface area contributed by atoms with Gasteiger partial charge in [0.05, 0.1) is 6.42 Å². The lowest BCUT2D eigenvalue weighted by atomic mass is 9.75. The molecule has 18 heavy (non-hydrogen) atoms. The Morgan fingerprint density at radius 2 is 1.78 bits per heavy atom. The van der Waals surface area contributed by atoms with E-state index in [0.717, 1.165) is 0 Å². The molecule has 0 N–H and O–H groups in total. The Bertz CT molecular complexity index is 394. The van der Waals surface area contributed by atoms with Crippen LogP contribution in [0.15, 0.2) is 0 Å². The summed E-state index contributed by atoms with van der Waals surface area (Å²) in [5.74, 6) is -2.62. The van der Waals surface area contributed by atoms with Gasteiger partial charge in [-0.1, -0.05) is 13.8 Å². The predicted molar refractivity (Wildman–Crippen MR) is 57.3 cm³/mol. The molecule has 0 radical (unpaired) electrons. The predicted octanol–water partition coefficient (Wildman–Crippen LogP) is -0.313. The quantitative estimate of drug-likeness (QED) is 0.361. The van der Waals surface area contributed by atoms with E-state index in [4.69, 9.17) is 18.8 Å². The summed E-state index contributed by atoms with van der Waals surface area (Å²) in [6.45, 7) is 3.41. The minimum atomic E-state index is -2.01. The van der Waals surface area contributed by atoms with E-state index in [9.17, 15) is 14.4 Å². The van der Waals surface area contributed by atoms with Crippen molar-refractivity contribution in [2.75, 3.05) is 13.2 Å². The Balaban J connectivity index is 2.27. The summed E-state index contributed by atoms with van der Waals surface area (Å²) in [5.41, 5.74) is -2.01. The lowest BCUT2D eigenvalue weighted by molar-refractivity contribution is -0.180. The van der Waals surface area contributed by atoms with E-state index in [2.05, 4.69) is 0 Å². The van der Waals surface area contributed by atoms with E-state index in [1.54, 1.807) is 13.8 Å². The summed E-state index contributed by atoms with van der Waals surface area (Å²) in [6, 6.07) is 0. The van der Waals surface area contributed by atoms with Gasteiger partial charge >= 0.3 is 25.0 Å². The molecule has 0 aromatic rings. The monoisotopic (exact) mass is 256 g/mol. The lowest BCUT2D eigenvalue weighted by Crippen LogP contribution is -2.50. The van der Waals surface area contributed by atoms with Crippen molar-refractivity contribution in [1.29, 1.82) is 0 Å². The molecule has 7 nitrogen and oxygen atoms in total. The molecule has 1 unspecified atom stereocenters. The third-order valence-electron chi connectivity index (χ3n) is 2.72. The highest BCUT2D eigenvalue weighted by molar-refractivity contribution is 6.52. The molecule has 98 valence electrons. The van der Waals surface area contributed by atoms with Crippen LogP contribution in [0.2, 0.25) is 5.82 Å². The van der Waals surface area contributed by atoms with Crippen LogP contribution in [0.1, 0.15) is 20.3 Å². The second kappa shape index (κ2) is 4.60. The molecule has 2 aliphatic rings. The molecule has 0 saturated carbocycles. The van der Waals surface area contributed by atoms with E-state index < -0.39 is 37.0 Å². The standard InChI is InChI=1S/C10H13BO7/c1-6(2)11-17-9(14)10(18-11)5-7(12)15-3-4-16-8(10)13/h6H,3-5H2,1-2H3. The first-order valence-corrected chi connectivity index (χ1v) is 5.67. The van der Waals surface area contributed by atoms with Crippen LogP contribution in [0.3, 0.4) is 0 Å². The Labute approximate surface area is 104 Å². The summed E-state index contributed by atoms with van der Waals surface area (Å²) >= 11 is 0. The normalized spacial score (nSPS) is 28.8. The Kier molecular flexibility index (Phi) is 3.29. The number of hydrogen-bond donors (Lipinski definition) is 0. The van der Waals surface area contributed by atoms with Gasteiger partial charge in [-0.05, 0) is 0 Å². The molecule has 8 heteroatoms. The van der Waals surface area contributed by atoms with Crippen molar-refractivity contribution >= 4 is 25.0 Å². The molecular weight excluding hydrogens is 243 g/mol. The van der Waals surface area contributed by atoms with Crippen LogP contribution in [0.5, 0.6) is 0 Å². The van der Waals surface area contributed by atoms with E-state index >= 15 is 0 Å². The summed E-state index contributed by atoms with van der Waals surface area (Å²) in [7, 11) is -0.864. The third kappa shape index (κ3) is 2.08. The highest BCUT2D eigenvalue weighted by atomic mass is 16.7. The molecule has 0 aromatic carbocycles. The Hall–Kier alpha value is -1.57. The fourth-order valence-electron chi connectivity index (χ4n) is 1.72. The molecule has 2 rings (SSSR count). The van der Waals surface area contributed by atoms with Crippen LogP contribution in [-0.2, 0) is 33.2 Å². The van der Waals surface area contributed by atoms with Crippen molar-refractivity contribution in [3.05, 3.63) is 0 Å². The first-order valence-electron chi connectivity index (χ1n) is 5.67. The van der Waals surface area contributed by atoms with Gasteiger partial charge < -0.3 is 18.8 Å². The Morgan fingerprint density at radius 3 is 2.39 bits per heavy atom. The first kappa shape index (κ1) is 12.9. The zero-order chi connectivity index (χ0) is 13.3. The molecule has 2 heterocycles. The van der Waals surface area contributed by atoms with Crippen molar-refractivity contribution in [3.8, 4) is 0 Å². The van der Waals surface area contributed by atoms with E-state index in [1.807, 2.05) is 0 Å². The molecule has 1 spiro atoms. The van der Waals surface area contributed by atoms with Crippen LogP contribution in [0, 0.1) is 0 Å². The van der Waals surface area contributed by atoms with Gasteiger partial charge in [0.25, 0.3) is 5.60 Å². The van der Waals surface area contributed by atoms with Gasteiger partial charge in [-0.25, -0.2) is 9.59 Å². The van der Waals surface area contributed by atoms with Gasteiger partial charge in [-0.2, -0.15) is 0 Å². The SMILES string of the molecule is CC(C)B1OC(=O)C2(CC(=O)OCCOC2=O)O1. The summed E-state index contributed by atoms with van der Waals surface area (Å²) in [4.78, 5) is 35.1. The largest absolute Gasteiger partial charge is 0.531 e. The highest BCUT2D eigenvalue weighted by Crippen LogP contribution is 2.33. The van der Waals surface area contributed by atoms with Gasteiger partial charge in [0, 0.05) is 5.82 Å². The number of carbonyl (C=O) groups is 3. The molecule has 2 saturated heterocycles. The van der Waals surface area contributed by atoms with E-state index in [-0.39, 0.29) is 19.0 Å². The van der Waals surface area contributed by atoms with Crippen LogP contribution in [0.25, 0.3) is 0 Å². The average Bonchev–Trinajstić information content (AvgIpc) is 2.62. The van der Waals surface area contributed by atoms with E-state index in [1.165, 1.54) is 0 Å². The molecule has 0 bridgehead atoms. The molecule has 0 aliphatic carbocycles. The highest BCUT2D eigenvalue weighted by Gasteiger charge is 2.61. The summed E-state index contributed by atoms with van der Waals surface area (Å²) in [6.07, 6.45) is -0.520. The minimum absolute atomic E-state index is 0.0245. The van der Waals surface area contributed by atoms with Crippen molar-refractivity contribution < 1.29 is 33.2 Å². The zero-order valence-electron chi connectivity index (χ0n) is 10.1. The van der Waals surface area contributed by atoms with Gasteiger partial charge in [0.2, 0.25) is 0 Å². The van der Waals surface area contributed by atoms with Crippen LogP contribution in [-0.4, -0.2) is 43.8 Å². The molecule has 0 aromatic heterocycles. The fraction of sp³-hybridized carbons (Fsp3) is 0.700. The van der Waals surface area contributed by atoms with Crippen molar-refractivity contribution in [1.82, 2.24) is 0 Å². The van der Waals surface area contributed by atoms with Gasteiger partial charge in [-0.3, -0.25) is 4.79 Å². The van der Waals surface area contributed by atoms with Crippen LogP contribution in [0.4, 0.5) is 0 Å². The topological polar surface area (TPSA) is 88.1 Å². The maximum absolute atomic E-state index is 11.9. The van der Waals surface area contributed by atoms with Crippen molar-refractivity contribution in [2.24, 2.45) is 0 Å². The second-order valence-electron chi connectivity index (χ2n) is 4.50. The number of cyclic esters (lactones) is 2. The molecule has 2 aliphatic heterocycles. The minimum Gasteiger partial charge on any atom is -0.507 e. The zero-order valence-corrected chi connectivity index (χ0v) is 10.1. The number of carbonyl (C=O) groups excluding carboxylic acids is 3. The average molecular weight is 256 g/mol. The van der Waals surface area contributed by atoms with Gasteiger partial charge in [-0.15, -0.1) is 0 Å². The third-order valence-corrected chi connectivity index (χ3v) is 2.72. The molecule has 1 atom stereocenters. The summed E-state index contributed by atoms with van der Waals surface area (Å²) in [5, 5.41) is 0. The maximum Gasteiger partial charge on any atom is 0.531 e. The lowest BCUT2D eigenvalue weighted by Gasteiger charge is -2.24. The van der Waals surface area contributed by atoms with Gasteiger partial charge in [0.1, 0.15) is 13.2 Å². The number of rotatable bonds is 1. The molecule has 0 amide bonds. The van der Waals surface area contributed by atoms with Crippen LogP contribution >= 0.6 is 0 Å². The van der Waals surface area contributed by atoms with E-state index in [0.29, 0.717) is 0 Å². The number of esters is 2. The first-order chi connectivity index (χ1) is 8.45. The molecular formula is C10H13BO7. The maximum atomic E-state index is 11.9. The number of ether oxygens (including phenoxy) is 2. The second-order valence-corrected chi connectivity index (χ2v) is 4.50. The van der Waals surface area contributed by atoms with Crippen LogP contribution < -0.4 is 0 Å². The fourth-order valence-corrected chi connectivity index (χ4v) is 1.72. The molecule has 2 fully saturated rings. The van der Waals surface area contributed by atoms with Crippen molar-refractivity contribution in [2.45, 2.75) is 31.7 Å². The number of hydrogen-bond acceptors (Lipinski definition) is 7. The van der Waals surface area contributed by atoms with Crippen molar-refractivity contribution in [3.63, 3.8) is 0 Å². The van der Waals surface area contributed by atoms with Gasteiger partial charge in [0.15, 0.2) is 0 Å².